The minimum atomic E-state index is -0.507. The van der Waals surface area contributed by atoms with Crippen LogP contribution in [0.4, 0.5) is 0 Å². The van der Waals surface area contributed by atoms with Crippen molar-refractivity contribution in [3.05, 3.63) is 46.7 Å². The first-order valence-electron chi connectivity index (χ1n) is 7.83. The van der Waals surface area contributed by atoms with Crippen LogP contribution < -0.4 is 4.74 Å². The summed E-state index contributed by atoms with van der Waals surface area (Å²) < 4.78 is 7.66. The van der Waals surface area contributed by atoms with E-state index in [0.717, 1.165) is 24.5 Å². The van der Waals surface area contributed by atoms with Crippen LogP contribution in [0.3, 0.4) is 0 Å². The molecule has 2 heterocycles. The average molecular weight is 336 g/mol. The van der Waals surface area contributed by atoms with Crippen molar-refractivity contribution in [2.75, 3.05) is 26.2 Å². The molecular weight excluding hydrogens is 314 g/mol. The van der Waals surface area contributed by atoms with E-state index in [9.17, 15) is 5.11 Å². The largest absolute Gasteiger partial charge is 0.491 e. The van der Waals surface area contributed by atoms with Gasteiger partial charge >= 0.3 is 0 Å². The van der Waals surface area contributed by atoms with Gasteiger partial charge in [-0.3, -0.25) is 9.58 Å². The van der Waals surface area contributed by atoms with Crippen molar-refractivity contribution in [1.29, 1.82) is 0 Å². The average Bonchev–Trinajstić information content (AvgIpc) is 2.80. The first-order chi connectivity index (χ1) is 11.0. The molecule has 3 rings (SSSR count). The first-order valence-corrected chi connectivity index (χ1v) is 8.20. The second-order valence-corrected chi connectivity index (χ2v) is 6.60. The van der Waals surface area contributed by atoms with Crippen molar-refractivity contribution in [2.45, 2.75) is 26.0 Å². The number of aromatic nitrogens is 2. The second-order valence-electron chi connectivity index (χ2n) is 6.16. The number of likely N-dealkylation sites (tertiary alicyclic amines) is 1. The monoisotopic (exact) mass is 335 g/mol. The van der Waals surface area contributed by atoms with E-state index < -0.39 is 6.10 Å². The van der Waals surface area contributed by atoms with Crippen LogP contribution >= 0.6 is 11.6 Å². The molecule has 0 radical (unpaired) electrons. The summed E-state index contributed by atoms with van der Waals surface area (Å²) in [4.78, 5) is 2.22. The fourth-order valence-corrected chi connectivity index (χ4v) is 3.06. The fourth-order valence-electron chi connectivity index (χ4n) is 2.94. The SMILES string of the molecule is Cc1cc(C)n(C2CN(C[C@H](O)COc3ccc(Cl)cc3)C2)n1. The third-order valence-corrected chi connectivity index (χ3v) is 4.31. The predicted molar refractivity (Wildman–Crippen MR) is 90.1 cm³/mol. The Balaban J connectivity index is 1.41. The van der Waals surface area contributed by atoms with E-state index in [0.29, 0.717) is 17.6 Å². The summed E-state index contributed by atoms with van der Waals surface area (Å²) in [6.45, 7) is 6.82. The molecule has 0 spiro atoms. The first kappa shape index (κ1) is 16.3. The summed E-state index contributed by atoms with van der Waals surface area (Å²) in [6, 6.07) is 9.66. The van der Waals surface area contributed by atoms with E-state index >= 15 is 0 Å². The van der Waals surface area contributed by atoms with Crippen LogP contribution in [0.2, 0.25) is 5.02 Å². The molecule has 1 saturated heterocycles. The fraction of sp³-hybridized carbons (Fsp3) is 0.471. The van der Waals surface area contributed by atoms with Gasteiger partial charge in [0.2, 0.25) is 0 Å². The Morgan fingerprint density at radius 2 is 2.00 bits per heavy atom. The van der Waals surface area contributed by atoms with Gasteiger partial charge < -0.3 is 9.84 Å². The van der Waals surface area contributed by atoms with Crippen LogP contribution in [0.25, 0.3) is 0 Å². The van der Waals surface area contributed by atoms with Crippen LogP contribution in [0.1, 0.15) is 17.4 Å². The summed E-state index contributed by atoms with van der Waals surface area (Å²) in [7, 11) is 0. The lowest BCUT2D eigenvalue weighted by Crippen LogP contribution is -2.51. The predicted octanol–water partition coefficient (Wildman–Crippen LogP) is 2.45. The Morgan fingerprint density at radius 3 is 2.61 bits per heavy atom. The van der Waals surface area contributed by atoms with Crippen molar-refractivity contribution >= 4 is 11.6 Å². The molecule has 1 N–H and O–H groups in total. The molecule has 1 atom stereocenters. The third kappa shape index (κ3) is 4.05. The number of hydrogen-bond donors (Lipinski definition) is 1. The molecule has 0 saturated carbocycles. The number of rotatable bonds is 6. The molecule has 0 aliphatic carbocycles. The Morgan fingerprint density at radius 1 is 1.30 bits per heavy atom. The molecule has 0 unspecified atom stereocenters. The van der Waals surface area contributed by atoms with Crippen molar-refractivity contribution in [2.24, 2.45) is 0 Å². The van der Waals surface area contributed by atoms with Crippen LogP contribution in [-0.2, 0) is 0 Å². The molecule has 1 aromatic carbocycles. The lowest BCUT2D eigenvalue weighted by molar-refractivity contribution is 0.0199. The van der Waals surface area contributed by atoms with Crippen LogP contribution in [0.15, 0.2) is 30.3 Å². The number of hydrogen-bond acceptors (Lipinski definition) is 4. The molecule has 1 aliphatic rings. The third-order valence-electron chi connectivity index (χ3n) is 4.05. The Bertz CT molecular complexity index is 650. The number of aliphatic hydroxyl groups excluding tert-OH is 1. The number of nitrogens with zero attached hydrogens (tertiary/aromatic N) is 3. The van der Waals surface area contributed by atoms with E-state index in [4.69, 9.17) is 16.3 Å². The molecule has 0 amide bonds. The Labute approximate surface area is 141 Å². The zero-order valence-corrected chi connectivity index (χ0v) is 14.2. The van der Waals surface area contributed by atoms with Crippen LogP contribution in [0, 0.1) is 13.8 Å². The minimum absolute atomic E-state index is 0.280. The number of benzene rings is 1. The number of halogens is 1. The summed E-state index contributed by atoms with van der Waals surface area (Å²) in [6.07, 6.45) is -0.507. The molecule has 5 nitrogen and oxygen atoms in total. The van der Waals surface area contributed by atoms with Gasteiger partial charge in [0, 0.05) is 30.4 Å². The number of aliphatic hydroxyl groups is 1. The van der Waals surface area contributed by atoms with Gasteiger partial charge in [0.25, 0.3) is 0 Å². The number of aryl methyl sites for hydroxylation is 2. The topological polar surface area (TPSA) is 50.5 Å². The normalized spacial score (nSPS) is 17.0. The lowest BCUT2D eigenvalue weighted by atomic mass is 10.1. The van der Waals surface area contributed by atoms with Gasteiger partial charge in [-0.25, -0.2) is 0 Å². The molecule has 124 valence electrons. The van der Waals surface area contributed by atoms with E-state index in [1.165, 1.54) is 5.69 Å². The highest BCUT2D eigenvalue weighted by molar-refractivity contribution is 6.30. The molecule has 1 fully saturated rings. The van der Waals surface area contributed by atoms with E-state index in [2.05, 4.69) is 27.7 Å². The van der Waals surface area contributed by atoms with E-state index in [-0.39, 0.29) is 6.61 Å². The highest BCUT2D eigenvalue weighted by Crippen LogP contribution is 2.23. The summed E-state index contributed by atoms with van der Waals surface area (Å²) >= 11 is 5.83. The maximum absolute atomic E-state index is 10.1. The zero-order valence-electron chi connectivity index (χ0n) is 13.4. The van der Waals surface area contributed by atoms with Crippen LogP contribution in [0.5, 0.6) is 5.75 Å². The van der Waals surface area contributed by atoms with Gasteiger partial charge in [-0.1, -0.05) is 11.6 Å². The molecule has 23 heavy (non-hydrogen) atoms. The number of ether oxygens (including phenoxy) is 1. The van der Waals surface area contributed by atoms with Gasteiger partial charge in [0.1, 0.15) is 18.5 Å². The molecule has 0 bridgehead atoms. The van der Waals surface area contributed by atoms with Gasteiger partial charge in [0.05, 0.1) is 11.7 Å². The van der Waals surface area contributed by atoms with Gasteiger partial charge in [-0.05, 0) is 44.2 Å². The molecule has 1 aliphatic heterocycles. The van der Waals surface area contributed by atoms with E-state index in [1.54, 1.807) is 24.3 Å². The van der Waals surface area contributed by atoms with Gasteiger partial charge in [-0.15, -0.1) is 0 Å². The zero-order chi connectivity index (χ0) is 16.4. The standard InChI is InChI=1S/C17H22ClN3O2/c1-12-7-13(2)21(19-12)15-8-20(9-15)10-16(22)11-23-17-5-3-14(18)4-6-17/h3-7,15-16,22H,8-11H2,1-2H3/t16-/m0/s1. The number of β-amino-alcohol motifs (C(OH)–C–C–N with tert-alkyl or cyclic N) is 1. The Kier molecular flexibility index (Phi) is 4.90. The molecule has 2 aromatic rings. The summed E-state index contributed by atoms with van der Waals surface area (Å²) in [5, 5.41) is 15.3. The van der Waals surface area contributed by atoms with Crippen molar-refractivity contribution in [3.8, 4) is 5.75 Å². The van der Waals surface area contributed by atoms with Crippen LogP contribution in [-0.4, -0.2) is 52.1 Å². The Hall–Kier alpha value is -1.56. The quantitative estimate of drug-likeness (QED) is 0.881. The molecular formula is C17H22ClN3O2. The van der Waals surface area contributed by atoms with E-state index in [1.807, 2.05) is 6.92 Å². The molecule has 6 heteroatoms. The van der Waals surface area contributed by atoms with Crippen molar-refractivity contribution < 1.29 is 9.84 Å². The maximum Gasteiger partial charge on any atom is 0.119 e. The second kappa shape index (κ2) is 6.91. The van der Waals surface area contributed by atoms with Gasteiger partial charge in [0.15, 0.2) is 0 Å². The lowest BCUT2D eigenvalue weighted by Gasteiger charge is -2.40. The minimum Gasteiger partial charge on any atom is -0.491 e. The highest BCUT2D eigenvalue weighted by Gasteiger charge is 2.30. The van der Waals surface area contributed by atoms with Crippen molar-refractivity contribution in [3.63, 3.8) is 0 Å². The van der Waals surface area contributed by atoms with Gasteiger partial charge in [-0.2, -0.15) is 5.10 Å². The highest BCUT2D eigenvalue weighted by atomic mass is 35.5. The molecule has 1 aromatic heterocycles. The summed E-state index contributed by atoms with van der Waals surface area (Å²) in [5.41, 5.74) is 2.25. The summed E-state index contributed by atoms with van der Waals surface area (Å²) in [5.74, 6) is 0.720. The smallest absolute Gasteiger partial charge is 0.119 e. The maximum atomic E-state index is 10.1. The van der Waals surface area contributed by atoms with Crippen molar-refractivity contribution in [1.82, 2.24) is 14.7 Å².